The molecule has 0 bridgehead atoms. The van der Waals surface area contributed by atoms with E-state index >= 15 is 0 Å². The number of para-hydroxylation sites is 2. The maximum atomic E-state index is 12.8. The molecule has 0 radical (unpaired) electrons. The standard InChI is InChI=1S/C20H21N3O5S/c1-22(29(26,27)12-11-15-7-3-2-4-8-15)14-19(24)23-13-18(20(21)25)28-17-10-6-5-9-16(17)23/h2-12,18H,13-14H2,1H3,(H2,21,25)/b12-11+. The van der Waals surface area contributed by atoms with Crippen LogP contribution < -0.4 is 15.4 Å². The van der Waals surface area contributed by atoms with E-state index in [4.69, 9.17) is 10.5 Å². The second-order valence-corrected chi connectivity index (χ2v) is 8.42. The Kier molecular flexibility index (Phi) is 6.00. The fraction of sp³-hybridized carbons (Fsp3) is 0.200. The Morgan fingerprint density at radius 1 is 1.17 bits per heavy atom. The third kappa shape index (κ3) is 4.82. The number of benzene rings is 2. The van der Waals surface area contributed by atoms with E-state index in [0.29, 0.717) is 11.4 Å². The third-order valence-corrected chi connectivity index (χ3v) is 5.89. The molecule has 0 aromatic heterocycles. The summed E-state index contributed by atoms with van der Waals surface area (Å²) < 4.78 is 31.5. The van der Waals surface area contributed by atoms with Gasteiger partial charge in [0.2, 0.25) is 15.9 Å². The molecule has 0 spiro atoms. The number of likely N-dealkylation sites (N-methyl/N-ethyl adjacent to an activating group) is 1. The fourth-order valence-corrected chi connectivity index (χ4v) is 3.64. The Bertz CT molecular complexity index is 1040. The molecule has 2 N–H and O–H groups in total. The molecule has 0 fully saturated rings. The third-order valence-electron chi connectivity index (χ3n) is 4.42. The minimum Gasteiger partial charge on any atom is -0.477 e. The zero-order valence-corrected chi connectivity index (χ0v) is 16.6. The number of ether oxygens (including phenoxy) is 1. The van der Waals surface area contributed by atoms with Crippen molar-refractivity contribution in [1.29, 1.82) is 0 Å². The van der Waals surface area contributed by atoms with Gasteiger partial charge >= 0.3 is 0 Å². The lowest BCUT2D eigenvalue weighted by atomic mass is 10.1. The molecule has 0 saturated carbocycles. The Labute approximate surface area is 169 Å². The maximum Gasteiger partial charge on any atom is 0.260 e. The Balaban J connectivity index is 1.76. The number of nitrogens with zero attached hydrogens (tertiary/aromatic N) is 2. The van der Waals surface area contributed by atoms with E-state index < -0.39 is 34.5 Å². The summed E-state index contributed by atoms with van der Waals surface area (Å²) in [4.78, 5) is 25.7. The van der Waals surface area contributed by atoms with E-state index in [1.807, 2.05) is 6.07 Å². The van der Waals surface area contributed by atoms with Gasteiger partial charge in [0.1, 0.15) is 5.75 Å². The molecule has 1 unspecified atom stereocenters. The maximum absolute atomic E-state index is 12.8. The summed E-state index contributed by atoms with van der Waals surface area (Å²) in [7, 11) is -2.50. The van der Waals surface area contributed by atoms with Gasteiger partial charge < -0.3 is 15.4 Å². The second-order valence-electron chi connectivity index (χ2n) is 6.50. The van der Waals surface area contributed by atoms with E-state index in [1.54, 1.807) is 48.5 Å². The van der Waals surface area contributed by atoms with Crippen molar-refractivity contribution >= 4 is 33.6 Å². The SMILES string of the molecule is CN(CC(=O)N1CC(C(N)=O)Oc2ccccc21)S(=O)(=O)/C=C/c1ccccc1. The molecule has 1 heterocycles. The molecule has 1 aliphatic heterocycles. The van der Waals surface area contributed by atoms with Crippen LogP contribution in [0.5, 0.6) is 5.75 Å². The van der Waals surface area contributed by atoms with Crippen molar-refractivity contribution in [3.8, 4) is 5.75 Å². The number of nitrogens with two attached hydrogens (primary N) is 1. The molecular formula is C20H21N3O5S. The van der Waals surface area contributed by atoms with Gasteiger partial charge in [-0.1, -0.05) is 42.5 Å². The summed E-state index contributed by atoms with van der Waals surface area (Å²) in [5.74, 6) is -0.861. The minimum atomic E-state index is -3.82. The van der Waals surface area contributed by atoms with Crippen molar-refractivity contribution in [2.45, 2.75) is 6.10 Å². The van der Waals surface area contributed by atoms with E-state index in [9.17, 15) is 18.0 Å². The number of rotatable bonds is 6. The molecule has 2 aromatic carbocycles. The molecule has 3 rings (SSSR count). The van der Waals surface area contributed by atoms with Crippen molar-refractivity contribution in [3.05, 3.63) is 65.6 Å². The average molecular weight is 415 g/mol. The van der Waals surface area contributed by atoms with Crippen LogP contribution in [0, 0.1) is 0 Å². The lowest BCUT2D eigenvalue weighted by molar-refractivity contribution is -0.125. The van der Waals surface area contributed by atoms with Gasteiger partial charge in [-0.3, -0.25) is 9.59 Å². The van der Waals surface area contributed by atoms with Crippen molar-refractivity contribution in [2.24, 2.45) is 5.73 Å². The first-order chi connectivity index (χ1) is 13.8. The summed E-state index contributed by atoms with van der Waals surface area (Å²) in [6.45, 7) is -0.486. The Hall–Kier alpha value is -3.17. The van der Waals surface area contributed by atoms with Gasteiger partial charge in [0.15, 0.2) is 6.10 Å². The fourth-order valence-electron chi connectivity index (χ4n) is 2.82. The highest BCUT2D eigenvalue weighted by Gasteiger charge is 2.33. The lowest BCUT2D eigenvalue weighted by Crippen LogP contribution is -2.51. The second kappa shape index (κ2) is 8.46. The highest BCUT2D eigenvalue weighted by molar-refractivity contribution is 7.92. The molecule has 9 heteroatoms. The molecule has 2 amide bonds. The van der Waals surface area contributed by atoms with Crippen LogP contribution in [0.3, 0.4) is 0 Å². The smallest absolute Gasteiger partial charge is 0.260 e. The van der Waals surface area contributed by atoms with Gasteiger partial charge in [0.25, 0.3) is 5.91 Å². The number of carbonyl (C=O) groups is 2. The van der Waals surface area contributed by atoms with Crippen molar-refractivity contribution < 1.29 is 22.7 Å². The molecular weight excluding hydrogens is 394 g/mol. The molecule has 29 heavy (non-hydrogen) atoms. The van der Waals surface area contributed by atoms with E-state index in [2.05, 4.69) is 0 Å². The summed E-state index contributed by atoms with van der Waals surface area (Å²) >= 11 is 0. The monoisotopic (exact) mass is 415 g/mol. The first-order valence-electron chi connectivity index (χ1n) is 8.83. The van der Waals surface area contributed by atoms with E-state index in [-0.39, 0.29) is 6.54 Å². The van der Waals surface area contributed by atoms with Gasteiger partial charge in [-0.2, -0.15) is 4.31 Å². The zero-order chi connectivity index (χ0) is 21.0. The van der Waals surface area contributed by atoms with Crippen LogP contribution in [-0.4, -0.2) is 50.8 Å². The van der Waals surface area contributed by atoms with Crippen LogP contribution in [0.15, 0.2) is 60.0 Å². The van der Waals surface area contributed by atoms with E-state index in [1.165, 1.54) is 18.0 Å². The summed E-state index contributed by atoms with van der Waals surface area (Å²) in [5, 5.41) is 1.05. The summed E-state index contributed by atoms with van der Waals surface area (Å²) in [6.07, 6.45) is 0.456. The quantitative estimate of drug-likeness (QED) is 0.762. The van der Waals surface area contributed by atoms with Gasteiger partial charge in [-0.05, 0) is 23.8 Å². The normalized spacial score (nSPS) is 16.5. The van der Waals surface area contributed by atoms with Gasteiger partial charge in [-0.15, -0.1) is 0 Å². The van der Waals surface area contributed by atoms with Crippen LogP contribution in [0.1, 0.15) is 5.56 Å². The number of fused-ring (bicyclic) bond motifs is 1. The van der Waals surface area contributed by atoms with Gasteiger partial charge in [0, 0.05) is 12.5 Å². The highest BCUT2D eigenvalue weighted by atomic mass is 32.2. The van der Waals surface area contributed by atoms with Crippen LogP contribution >= 0.6 is 0 Å². The lowest BCUT2D eigenvalue weighted by Gasteiger charge is -2.34. The minimum absolute atomic E-state index is 0.0844. The Morgan fingerprint density at radius 2 is 1.83 bits per heavy atom. The first-order valence-corrected chi connectivity index (χ1v) is 10.3. The van der Waals surface area contributed by atoms with Gasteiger partial charge in [-0.25, -0.2) is 8.42 Å². The van der Waals surface area contributed by atoms with Crippen LogP contribution in [0.2, 0.25) is 0 Å². The van der Waals surface area contributed by atoms with Crippen LogP contribution in [0.4, 0.5) is 5.69 Å². The highest BCUT2D eigenvalue weighted by Crippen LogP contribution is 2.33. The summed E-state index contributed by atoms with van der Waals surface area (Å²) in [6, 6.07) is 15.7. The predicted molar refractivity (Wildman–Crippen MR) is 109 cm³/mol. The number of anilines is 1. The molecule has 152 valence electrons. The molecule has 0 saturated heterocycles. The van der Waals surface area contributed by atoms with Crippen LogP contribution in [0.25, 0.3) is 6.08 Å². The summed E-state index contributed by atoms with van der Waals surface area (Å²) in [5.41, 5.74) is 6.52. The molecule has 0 aliphatic carbocycles. The Morgan fingerprint density at radius 3 is 2.52 bits per heavy atom. The first kappa shape index (κ1) is 20.6. The number of carbonyl (C=O) groups excluding carboxylic acids is 2. The van der Waals surface area contributed by atoms with Crippen molar-refractivity contribution in [3.63, 3.8) is 0 Å². The number of sulfonamides is 1. The topological polar surface area (TPSA) is 110 Å². The number of primary amides is 1. The largest absolute Gasteiger partial charge is 0.477 e. The number of hydrogen-bond donors (Lipinski definition) is 1. The van der Waals surface area contributed by atoms with Crippen LogP contribution in [-0.2, 0) is 19.6 Å². The number of amides is 2. The van der Waals surface area contributed by atoms with Crippen molar-refractivity contribution in [1.82, 2.24) is 4.31 Å². The zero-order valence-electron chi connectivity index (χ0n) is 15.8. The van der Waals surface area contributed by atoms with Crippen molar-refractivity contribution in [2.75, 3.05) is 25.0 Å². The van der Waals surface area contributed by atoms with E-state index in [0.717, 1.165) is 15.3 Å². The molecule has 1 aliphatic rings. The predicted octanol–water partition coefficient (Wildman–Crippen LogP) is 1.20. The molecule has 1 atom stereocenters. The van der Waals surface area contributed by atoms with Gasteiger partial charge in [0.05, 0.1) is 18.8 Å². The molecule has 8 nitrogen and oxygen atoms in total. The molecule has 2 aromatic rings. The number of hydrogen-bond acceptors (Lipinski definition) is 5. The average Bonchev–Trinajstić information content (AvgIpc) is 2.72.